The average Bonchev–Trinajstić information content (AvgIpc) is 3.81. The molecule has 280 valence electrons. The molecule has 6 N–H and O–H groups in total. The molecule has 14 heteroatoms. The number of benzene rings is 1. The summed E-state index contributed by atoms with van der Waals surface area (Å²) < 4.78 is 0. The van der Waals surface area contributed by atoms with E-state index in [2.05, 4.69) is 33.2 Å². The van der Waals surface area contributed by atoms with Crippen LogP contribution in [0.1, 0.15) is 71.8 Å². The molecule has 0 aliphatic carbocycles. The fraction of sp³-hybridized carbons (Fsp3) is 0.622. The topological polar surface area (TPSA) is 189 Å². The van der Waals surface area contributed by atoms with E-state index in [-0.39, 0.29) is 30.1 Å². The largest absolute Gasteiger partial charge is 0.394 e. The number of hydrogen-bond acceptors (Lipinski definition) is 8. The standard InChI is InChI=1S/C37H55N7O7/c1-6-23(4)32-36(50)40-26(19-25-12-8-7-9-13-25)33(47)38-20-31(46)39-28(21-45)34(48)41-27(18-22(2)3)37(51)44-17-10-14-29(44)24(5)43-16-11-15-30(43)35(49)42-32/h7-9,12-13,22-23,26-30,32,45H,5-6,10-11,14-21H2,1-4H3,(H,38,47)(H,39,46)(H,40,50)(H,41,48)(H,42,49)/t23-,26+,27+,28+,29-,30+,32+/m1/s1. The van der Waals surface area contributed by atoms with Crippen molar-refractivity contribution in [3.8, 4) is 0 Å². The Labute approximate surface area is 300 Å². The number of fused-ring (bicyclic) bond motifs is 2. The summed E-state index contributed by atoms with van der Waals surface area (Å²) >= 11 is 0. The Morgan fingerprint density at radius 3 is 2.08 bits per heavy atom. The Bertz CT molecular complexity index is 1440. The zero-order valence-corrected chi connectivity index (χ0v) is 30.3. The molecule has 4 rings (SSSR count). The van der Waals surface area contributed by atoms with Crippen molar-refractivity contribution in [3.63, 3.8) is 0 Å². The molecule has 3 saturated heterocycles. The molecular formula is C37H55N7O7. The quantitative estimate of drug-likeness (QED) is 0.234. The lowest BCUT2D eigenvalue weighted by Crippen LogP contribution is -2.59. The van der Waals surface area contributed by atoms with E-state index in [4.69, 9.17) is 0 Å². The molecule has 51 heavy (non-hydrogen) atoms. The number of amides is 6. The lowest BCUT2D eigenvalue weighted by atomic mass is 9.96. The van der Waals surface area contributed by atoms with Crippen molar-refractivity contribution >= 4 is 35.4 Å². The maximum absolute atomic E-state index is 14.1. The van der Waals surface area contributed by atoms with Crippen molar-refractivity contribution in [2.45, 2.75) is 109 Å². The molecule has 3 heterocycles. The molecule has 6 amide bonds. The highest BCUT2D eigenvalue weighted by atomic mass is 16.3. The third-order valence-electron chi connectivity index (χ3n) is 10.1. The molecule has 0 radical (unpaired) electrons. The fourth-order valence-corrected chi connectivity index (χ4v) is 7.12. The van der Waals surface area contributed by atoms with Crippen LogP contribution in [0.3, 0.4) is 0 Å². The van der Waals surface area contributed by atoms with Gasteiger partial charge in [-0.1, -0.05) is 71.0 Å². The van der Waals surface area contributed by atoms with Gasteiger partial charge >= 0.3 is 0 Å². The summed E-state index contributed by atoms with van der Waals surface area (Å²) in [5.41, 5.74) is 1.39. The fourth-order valence-electron chi connectivity index (χ4n) is 7.12. The van der Waals surface area contributed by atoms with Gasteiger partial charge in [-0.3, -0.25) is 28.8 Å². The molecule has 3 aliphatic rings. The van der Waals surface area contributed by atoms with E-state index in [1.165, 1.54) is 0 Å². The van der Waals surface area contributed by atoms with E-state index >= 15 is 0 Å². The van der Waals surface area contributed by atoms with Crippen molar-refractivity contribution in [1.82, 2.24) is 36.4 Å². The first-order valence-electron chi connectivity index (χ1n) is 18.2. The van der Waals surface area contributed by atoms with Crippen LogP contribution in [0.4, 0.5) is 0 Å². The van der Waals surface area contributed by atoms with Gasteiger partial charge in [-0.2, -0.15) is 0 Å². The van der Waals surface area contributed by atoms with Crippen molar-refractivity contribution in [2.75, 3.05) is 26.2 Å². The van der Waals surface area contributed by atoms with E-state index < -0.39 is 73.0 Å². The number of rotatable bonds is 7. The summed E-state index contributed by atoms with van der Waals surface area (Å²) in [5, 5.41) is 23.6. The van der Waals surface area contributed by atoms with Gasteiger partial charge in [0.15, 0.2) is 0 Å². The van der Waals surface area contributed by atoms with E-state index in [0.29, 0.717) is 50.9 Å². The van der Waals surface area contributed by atoms with Crippen LogP contribution in [0.2, 0.25) is 0 Å². The second-order valence-corrected chi connectivity index (χ2v) is 14.4. The summed E-state index contributed by atoms with van der Waals surface area (Å²) in [5.74, 6) is -3.56. The number of aliphatic hydroxyl groups is 1. The second kappa shape index (κ2) is 18.2. The van der Waals surface area contributed by atoms with Gasteiger partial charge < -0.3 is 41.5 Å². The molecule has 14 nitrogen and oxygen atoms in total. The summed E-state index contributed by atoms with van der Waals surface area (Å²) in [6, 6.07) is 3.70. The van der Waals surface area contributed by atoms with Gasteiger partial charge in [0.1, 0.15) is 30.2 Å². The van der Waals surface area contributed by atoms with E-state index in [1.807, 2.05) is 62.9 Å². The van der Waals surface area contributed by atoms with Crippen LogP contribution in [0, 0.1) is 11.8 Å². The number of nitrogens with one attached hydrogen (secondary N) is 5. The van der Waals surface area contributed by atoms with Gasteiger partial charge in [0.25, 0.3) is 0 Å². The Balaban J connectivity index is 1.69. The molecular weight excluding hydrogens is 654 g/mol. The minimum Gasteiger partial charge on any atom is -0.394 e. The summed E-state index contributed by atoms with van der Waals surface area (Å²) in [4.78, 5) is 85.5. The van der Waals surface area contributed by atoms with Crippen LogP contribution < -0.4 is 26.6 Å². The predicted molar refractivity (Wildman–Crippen MR) is 190 cm³/mol. The highest BCUT2D eigenvalue weighted by Gasteiger charge is 2.42. The molecule has 3 aliphatic heterocycles. The summed E-state index contributed by atoms with van der Waals surface area (Å²) in [6.45, 7) is 11.7. The maximum atomic E-state index is 14.1. The van der Waals surface area contributed by atoms with Crippen molar-refractivity contribution in [2.24, 2.45) is 11.8 Å². The first-order chi connectivity index (χ1) is 24.3. The molecule has 0 unspecified atom stereocenters. The van der Waals surface area contributed by atoms with Crippen LogP contribution in [0.25, 0.3) is 0 Å². The Hall–Kier alpha value is -4.46. The van der Waals surface area contributed by atoms with Crippen molar-refractivity contribution in [1.29, 1.82) is 0 Å². The van der Waals surface area contributed by atoms with Crippen molar-refractivity contribution < 1.29 is 33.9 Å². The highest BCUT2D eigenvalue weighted by molar-refractivity contribution is 5.96. The normalized spacial score (nSPS) is 28.2. The molecule has 3 fully saturated rings. The lowest BCUT2D eigenvalue weighted by Gasteiger charge is -2.37. The van der Waals surface area contributed by atoms with Gasteiger partial charge in [-0.25, -0.2) is 0 Å². The Kier molecular flexibility index (Phi) is 14.0. The molecule has 0 bridgehead atoms. The Morgan fingerprint density at radius 1 is 0.784 bits per heavy atom. The minimum atomic E-state index is -1.38. The molecule has 0 spiro atoms. The lowest BCUT2D eigenvalue weighted by molar-refractivity contribution is -0.138. The number of carbonyl (C=O) groups is 6. The third kappa shape index (κ3) is 10.1. The molecule has 0 aromatic heterocycles. The second-order valence-electron chi connectivity index (χ2n) is 14.4. The molecule has 1 aromatic carbocycles. The Morgan fingerprint density at radius 2 is 1.43 bits per heavy atom. The molecule has 1 aromatic rings. The van der Waals surface area contributed by atoms with Gasteiger partial charge in [0.2, 0.25) is 35.4 Å². The molecule has 0 saturated carbocycles. The number of hydrogen-bond donors (Lipinski definition) is 6. The first kappa shape index (κ1) is 39.3. The predicted octanol–water partition coefficient (Wildman–Crippen LogP) is 0.352. The number of aliphatic hydroxyl groups excluding tert-OH is 1. The van der Waals surface area contributed by atoms with Gasteiger partial charge in [0, 0.05) is 25.2 Å². The van der Waals surface area contributed by atoms with Gasteiger partial charge in [0.05, 0.1) is 19.2 Å². The monoisotopic (exact) mass is 709 g/mol. The zero-order valence-electron chi connectivity index (χ0n) is 30.3. The van der Waals surface area contributed by atoms with E-state index in [1.54, 1.807) is 4.90 Å². The zero-order chi connectivity index (χ0) is 37.2. The van der Waals surface area contributed by atoms with E-state index in [0.717, 1.165) is 12.0 Å². The first-order valence-corrected chi connectivity index (χ1v) is 18.2. The third-order valence-corrected chi connectivity index (χ3v) is 10.1. The minimum absolute atomic E-state index is 0.0284. The van der Waals surface area contributed by atoms with Gasteiger partial charge in [-0.05, 0) is 49.5 Å². The smallest absolute Gasteiger partial charge is 0.245 e. The molecule has 7 atom stereocenters. The summed E-state index contributed by atoms with van der Waals surface area (Å²) in [6.07, 6.45) is 3.61. The summed E-state index contributed by atoms with van der Waals surface area (Å²) in [7, 11) is 0. The van der Waals surface area contributed by atoms with Gasteiger partial charge in [-0.15, -0.1) is 0 Å². The highest BCUT2D eigenvalue weighted by Crippen LogP contribution is 2.31. The van der Waals surface area contributed by atoms with Crippen LogP contribution in [-0.4, -0.2) is 113 Å². The number of carbonyl (C=O) groups excluding carboxylic acids is 6. The van der Waals surface area contributed by atoms with E-state index in [9.17, 15) is 33.9 Å². The van der Waals surface area contributed by atoms with Crippen LogP contribution in [0.5, 0.6) is 0 Å². The van der Waals surface area contributed by atoms with Crippen LogP contribution >= 0.6 is 0 Å². The number of nitrogens with zero attached hydrogens (tertiary/aromatic N) is 2. The van der Waals surface area contributed by atoms with Crippen molar-refractivity contribution in [3.05, 3.63) is 48.2 Å². The maximum Gasteiger partial charge on any atom is 0.245 e. The van der Waals surface area contributed by atoms with Crippen LogP contribution in [-0.2, 0) is 35.2 Å². The average molecular weight is 710 g/mol. The SMILES string of the molecule is C=C1[C@H]2CCCN2C(=O)[C@H](CC(C)C)NC(=O)[C@H](CO)NC(=O)CNC(=O)[C@H](Cc2ccccc2)NC(=O)[C@H]([C@H](C)CC)NC(=O)[C@@H]2CCCN12. The van der Waals surface area contributed by atoms with Crippen LogP contribution in [0.15, 0.2) is 42.6 Å².